The number of nitrogens with zero attached hydrogens (tertiary/aromatic N) is 3. The molecule has 1 aromatic rings. The molecular weight excluding hydrogens is 264 g/mol. The molecule has 2 rings (SSSR count). The molecule has 1 fully saturated rings. The Hall–Kier alpha value is -1.17. The van der Waals surface area contributed by atoms with Crippen LogP contribution in [0.4, 0.5) is 5.82 Å². The summed E-state index contributed by atoms with van der Waals surface area (Å²) >= 11 is 0. The van der Waals surface area contributed by atoms with Crippen molar-refractivity contribution in [1.29, 1.82) is 0 Å². The monoisotopic (exact) mass is 292 g/mol. The smallest absolute Gasteiger partial charge is 0.128 e. The van der Waals surface area contributed by atoms with Crippen molar-refractivity contribution in [3.05, 3.63) is 23.9 Å². The van der Waals surface area contributed by atoms with Crippen molar-refractivity contribution in [2.75, 3.05) is 44.2 Å². The third-order valence-corrected chi connectivity index (χ3v) is 3.70. The maximum Gasteiger partial charge on any atom is 0.128 e. The number of piperazine rings is 1. The van der Waals surface area contributed by atoms with Crippen LogP contribution in [0.1, 0.15) is 26.3 Å². The first-order chi connectivity index (χ1) is 9.98. The van der Waals surface area contributed by atoms with E-state index < -0.39 is 5.60 Å². The van der Waals surface area contributed by atoms with Gasteiger partial charge in [-0.15, -0.1) is 0 Å². The van der Waals surface area contributed by atoms with Crippen molar-refractivity contribution >= 4 is 5.82 Å². The number of aliphatic hydroxyl groups is 1. The quantitative estimate of drug-likeness (QED) is 0.822. The molecule has 0 amide bonds. The molecule has 0 radical (unpaired) electrons. The number of hydrogen-bond donors (Lipinski definition) is 2. The molecule has 0 unspecified atom stereocenters. The molecule has 21 heavy (non-hydrogen) atoms. The van der Waals surface area contributed by atoms with Crippen LogP contribution in [0.25, 0.3) is 0 Å². The molecule has 1 aliphatic rings. The topological polar surface area (TPSA) is 51.6 Å². The Morgan fingerprint density at radius 2 is 1.95 bits per heavy atom. The van der Waals surface area contributed by atoms with E-state index in [1.54, 1.807) is 0 Å². The first kappa shape index (κ1) is 16.2. The molecule has 0 aliphatic carbocycles. The van der Waals surface area contributed by atoms with E-state index in [-0.39, 0.29) is 0 Å². The summed E-state index contributed by atoms with van der Waals surface area (Å²) in [7, 11) is 0. The van der Waals surface area contributed by atoms with Gasteiger partial charge in [-0.25, -0.2) is 4.98 Å². The fourth-order valence-electron chi connectivity index (χ4n) is 2.66. The Morgan fingerprint density at radius 1 is 1.24 bits per heavy atom. The third-order valence-electron chi connectivity index (χ3n) is 3.70. The minimum absolute atomic E-state index is 0.617. The van der Waals surface area contributed by atoms with Gasteiger partial charge in [0, 0.05) is 45.5 Å². The minimum Gasteiger partial charge on any atom is -0.389 e. The molecule has 0 bridgehead atoms. The SMILES string of the molecule is CCNCc1ccc(N2CCN(CC(C)(C)O)CC2)nc1. The predicted molar refractivity (Wildman–Crippen MR) is 86.6 cm³/mol. The van der Waals surface area contributed by atoms with Crippen LogP contribution < -0.4 is 10.2 Å². The van der Waals surface area contributed by atoms with Gasteiger partial charge in [0.25, 0.3) is 0 Å². The first-order valence-electron chi connectivity index (χ1n) is 7.83. The Balaban J connectivity index is 1.84. The van der Waals surface area contributed by atoms with Crippen molar-refractivity contribution < 1.29 is 5.11 Å². The molecular formula is C16H28N4O. The highest BCUT2D eigenvalue weighted by Crippen LogP contribution is 2.15. The average Bonchev–Trinajstić information content (AvgIpc) is 2.45. The van der Waals surface area contributed by atoms with Gasteiger partial charge in [-0.2, -0.15) is 0 Å². The molecule has 0 spiro atoms. The van der Waals surface area contributed by atoms with Crippen LogP contribution in [0.15, 0.2) is 18.3 Å². The highest BCUT2D eigenvalue weighted by molar-refractivity contribution is 5.39. The van der Waals surface area contributed by atoms with Crippen molar-refractivity contribution in [1.82, 2.24) is 15.2 Å². The van der Waals surface area contributed by atoms with Gasteiger partial charge in [0.2, 0.25) is 0 Å². The van der Waals surface area contributed by atoms with Crippen molar-refractivity contribution in [2.24, 2.45) is 0 Å². The Morgan fingerprint density at radius 3 is 2.48 bits per heavy atom. The summed E-state index contributed by atoms with van der Waals surface area (Å²) in [6.07, 6.45) is 1.96. The summed E-state index contributed by atoms with van der Waals surface area (Å²) in [5.41, 5.74) is 0.607. The summed E-state index contributed by atoms with van der Waals surface area (Å²) in [5.74, 6) is 1.05. The van der Waals surface area contributed by atoms with Crippen LogP contribution in [-0.2, 0) is 6.54 Å². The fourth-order valence-corrected chi connectivity index (χ4v) is 2.66. The van der Waals surface area contributed by atoms with E-state index in [9.17, 15) is 5.11 Å². The van der Waals surface area contributed by atoms with Gasteiger partial charge in [0.1, 0.15) is 5.82 Å². The third kappa shape index (κ3) is 5.26. The van der Waals surface area contributed by atoms with E-state index in [2.05, 4.69) is 39.2 Å². The van der Waals surface area contributed by atoms with Crippen LogP contribution in [-0.4, -0.2) is 59.9 Å². The van der Waals surface area contributed by atoms with Crippen LogP contribution in [0.3, 0.4) is 0 Å². The first-order valence-corrected chi connectivity index (χ1v) is 7.83. The van der Waals surface area contributed by atoms with Gasteiger partial charge in [0.15, 0.2) is 0 Å². The second-order valence-corrected chi connectivity index (χ2v) is 6.38. The lowest BCUT2D eigenvalue weighted by atomic mass is 10.1. The maximum absolute atomic E-state index is 9.88. The zero-order valence-electron chi connectivity index (χ0n) is 13.5. The van der Waals surface area contributed by atoms with Gasteiger partial charge in [-0.3, -0.25) is 4.90 Å². The van der Waals surface area contributed by atoms with Crippen LogP contribution in [0.2, 0.25) is 0 Å². The largest absolute Gasteiger partial charge is 0.389 e. The summed E-state index contributed by atoms with van der Waals surface area (Å²) in [4.78, 5) is 9.21. The highest BCUT2D eigenvalue weighted by Gasteiger charge is 2.23. The van der Waals surface area contributed by atoms with Crippen molar-refractivity contribution in [2.45, 2.75) is 32.9 Å². The lowest BCUT2D eigenvalue weighted by Gasteiger charge is -2.37. The van der Waals surface area contributed by atoms with Crippen LogP contribution in [0.5, 0.6) is 0 Å². The summed E-state index contributed by atoms with van der Waals surface area (Å²) in [5, 5.41) is 13.2. The van der Waals surface area contributed by atoms with Crippen molar-refractivity contribution in [3.8, 4) is 0 Å². The van der Waals surface area contributed by atoms with Gasteiger partial charge in [0.05, 0.1) is 5.60 Å². The van der Waals surface area contributed by atoms with Gasteiger partial charge >= 0.3 is 0 Å². The lowest BCUT2D eigenvalue weighted by Crippen LogP contribution is -2.50. The van der Waals surface area contributed by atoms with Crippen LogP contribution in [0, 0.1) is 0 Å². The number of β-amino-alcohol motifs (C(OH)–C–C–N with tert-alkyl or cyclic N) is 1. The molecule has 2 heterocycles. The Bertz CT molecular complexity index is 419. The molecule has 1 saturated heterocycles. The average molecular weight is 292 g/mol. The molecule has 0 atom stereocenters. The van der Waals surface area contributed by atoms with E-state index in [4.69, 9.17) is 0 Å². The molecule has 1 aliphatic heterocycles. The molecule has 5 nitrogen and oxygen atoms in total. The maximum atomic E-state index is 9.88. The number of nitrogens with one attached hydrogen (secondary N) is 1. The van der Waals surface area contributed by atoms with E-state index in [1.165, 1.54) is 5.56 Å². The molecule has 0 aromatic carbocycles. The summed E-state index contributed by atoms with van der Waals surface area (Å²) in [6.45, 7) is 12.3. The van der Waals surface area contributed by atoms with Gasteiger partial charge < -0.3 is 15.3 Å². The number of rotatable bonds is 6. The van der Waals surface area contributed by atoms with Gasteiger partial charge in [-0.05, 0) is 32.0 Å². The zero-order chi connectivity index (χ0) is 15.3. The highest BCUT2D eigenvalue weighted by atomic mass is 16.3. The normalized spacial score (nSPS) is 17.2. The fraction of sp³-hybridized carbons (Fsp3) is 0.688. The molecule has 5 heteroatoms. The van der Waals surface area contributed by atoms with Gasteiger partial charge in [-0.1, -0.05) is 13.0 Å². The molecule has 0 saturated carbocycles. The summed E-state index contributed by atoms with van der Waals surface area (Å²) in [6, 6.07) is 4.26. The second kappa shape index (κ2) is 7.20. The molecule has 118 valence electrons. The minimum atomic E-state index is -0.617. The Kier molecular flexibility index (Phi) is 5.56. The molecule has 1 aromatic heterocycles. The molecule has 2 N–H and O–H groups in total. The van der Waals surface area contributed by atoms with E-state index >= 15 is 0 Å². The lowest BCUT2D eigenvalue weighted by molar-refractivity contribution is 0.0344. The summed E-state index contributed by atoms with van der Waals surface area (Å²) < 4.78 is 0. The second-order valence-electron chi connectivity index (χ2n) is 6.38. The standard InChI is InChI=1S/C16H28N4O/c1-4-17-11-14-5-6-15(18-12-14)20-9-7-19(8-10-20)13-16(2,3)21/h5-6,12,17,21H,4,7-11,13H2,1-3H3. The zero-order valence-corrected chi connectivity index (χ0v) is 13.5. The number of anilines is 1. The predicted octanol–water partition coefficient (Wildman–Crippen LogP) is 1.08. The van der Waals surface area contributed by atoms with Crippen LogP contribution >= 0.6 is 0 Å². The Labute approximate surface area is 128 Å². The van der Waals surface area contributed by atoms with E-state index in [0.717, 1.165) is 51.6 Å². The number of hydrogen-bond acceptors (Lipinski definition) is 5. The van der Waals surface area contributed by atoms with Crippen molar-refractivity contribution in [3.63, 3.8) is 0 Å². The van der Waals surface area contributed by atoms with E-state index in [1.807, 2.05) is 20.0 Å². The number of aromatic nitrogens is 1. The number of pyridine rings is 1. The van der Waals surface area contributed by atoms with E-state index in [0.29, 0.717) is 0 Å².